The molecule has 1 rings (SSSR count). The maximum Gasteiger partial charge on any atom is 0.163 e. The third-order valence-electron chi connectivity index (χ3n) is 1.79. The smallest absolute Gasteiger partial charge is 0.163 e. The summed E-state index contributed by atoms with van der Waals surface area (Å²) in [5.41, 5.74) is 0. The van der Waals surface area contributed by atoms with Crippen LogP contribution in [-0.4, -0.2) is 37.0 Å². The molecule has 0 amide bonds. The number of halogens is 1. The zero-order valence-electron chi connectivity index (χ0n) is 8.22. The Morgan fingerprint density at radius 2 is 2.31 bits per heavy atom. The largest absolute Gasteiger partial charge is 0.379 e. The van der Waals surface area contributed by atoms with Crippen LogP contribution in [0.4, 0.5) is 0 Å². The monoisotopic (exact) mass is 252 g/mol. The van der Waals surface area contributed by atoms with E-state index in [1.807, 2.05) is 13.8 Å². The molecular weight excluding hydrogens is 236 g/mol. The molecule has 0 N–H and O–H groups in total. The Morgan fingerprint density at radius 1 is 1.54 bits per heavy atom. The van der Waals surface area contributed by atoms with Gasteiger partial charge in [-0.15, -0.1) is 0 Å². The van der Waals surface area contributed by atoms with Crippen LogP contribution in [0.15, 0.2) is 0 Å². The van der Waals surface area contributed by atoms with E-state index in [2.05, 4.69) is 15.9 Å². The molecule has 0 spiro atoms. The molecule has 1 atom stereocenters. The van der Waals surface area contributed by atoms with Gasteiger partial charge in [-0.05, 0) is 20.3 Å². The molecule has 0 saturated carbocycles. The highest BCUT2D eigenvalue weighted by atomic mass is 79.9. The van der Waals surface area contributed by atoms with Gasteiger partial charge in [0.05, 0.1) is 13.2 Å². The molecule has 1 heterocycles. The van der Waals surface area contributed by atoms with Gasteiger partial charge in [-0.3, -0.25) is 0 Å². The molecule has 0 aromatic heterocycles. The van der Waals surface area contributed by atoms with Crippen LogP contribution < -0.4 is 0 Å². The summed E-state index contributed by atoms with van der Waals surface area (Å²) in [5, 5.41) is 0.987. The van der Waals surface area contributed by atoms with Crippen molar-refractivity contribution >= 4 is 15.9 Å². The van der Waals surface area contributed by atoms with E-state index in [1.54, 1.807) is 0 Å². The minimum absolute atomic E-state index is 0.102. The summed E-state index contributed by atoms with van der Waals surface area (Å²) in [7, 11) is 0. The van der Waals surface area contributed by atoms with E-state index in [9.17, 15) is 0 Å². The third kappa shape index (κ3) is 4.40. The topological polar surface area (TPSA) is 27.7 Å². The molecule has 1 fully saturated rings. The maximum atomic E-state index is 5.57. The number of ether oxygens (including phenoxy) is 3. The first-order valence-corrected chi connectivity index (χ1v) is 5.72. The molecule has 3 nitrogen and oxygen atoms in total. The van der Waals surface area contributed by atoms with Crippen molar-refractivity contribution in [3.63, 3.8) is 0 Å². The Labute approximate surface area is 87.9 Å². The summed E-state index contributed by atoms with van der Waals surface area (Å²) in [6.45, 7) is 5.90. The van der Waals surface area contributed by atoms with E-state index in [1.165, 1.54) is 0 Å². The quantitative estimate of drug-likeness (QED) is 0.553. The van der Waals surface area contributed by atoms with Gasteiger partial charge in [0.2, 0.25) is 0 Å². The minimum Gasteiger partial charge on any atom is -0.379 e. The Bertz CT molecular complexity index is 150. The van der Waals surface area contributed by atoms with Crippen LogP contribution >= 0.6 is 15.9 Å². The average molecular weight is 253 g/mol. The van der Waals surface area contributed by atoms with Gasteiger partial charge in [-0.2, -0.15) is 0 Å². The van der Waals surface area contributed by atoms with Gasteiger partial charge in [-0.1, -0.05) is 15.9 Å². The molecule has 1 saturated heterocycles. The molecule has 0 radical (unpaired) electrons. The first kappa shape index (κ1) is 11.4. The van der Waals surface area contributed by atoms with Gasteiger partial charge in [0.1, 0.15) is 6.10 Å². The Kier molecular flexibility index (Phi) is 4.66. The summed E-state index contributed by atoms with van der Waals surface area (Å²) < 4.78 is 16.4. The number of hydrogen-bond acceptors (Lipinski definition) is 3. The summed E-state index contributed by atoms with van der Waals surface area (Å²) in [5.74, 6) is -0.427. The molecular formula is C9H17BrO3. The summed E-state index contributed by atoms with van der Waals surface area (Å²) in [6.07, 6.45) is 1.14. The van der Waals surface area contributed by atoms with E-state index >= 15 is 0 Å². The molecule has 78 valence electrons. The lowest BCUT2D eigenvalue weighted by atomic mass is 10.4. The number of alkyl halides is 1. The fraction of sp³-hybridized carbons (Fsp3) is 1.00. The van der Waals surface area contributed by atoms with Gasteiger partial charge in [0.15, 0.2) is 5.79 Å². The zero-order valence-corrected chi connectivity index (χ0v) is 9.80. The van der Waals surface area contributed by atoms with Crippen molar-refractivity contribution in [3.05, 3.63) is 0 Å². The van der Waals surface area contributed by atoms with Crippen LogP contribution in [0.1, 0.15) is 20.3 Å². The third-order valence-corrected chi connectivity index (χ3v) is 2.35. The Hall–Kier alpha value is 0.360. The highest BCUT2D eigenvalue weighted by Gasteiger charge is 2.32. The average Bonchev–Trinajstić information content (AvgIpc) is 2.40. The molecule has 0 unspecified atom stereocenters. The molecule has 0 bridgehead atoms. The van der Waals surface area contributed by atoms with Crippen LogP contribution in [0, 0.1) is 0 Å². The van der Waals surface area contributed by atoms with Crippen molar-refractivity contribution in [2.75, 3.05) is 25.2 Å². The second kappa shape index (κ2) is 5.29. The Morgan fingerprint density at radius 3 is 2.85 bits per heavy atom. The lowest BCUT2D eigenvalue weighted by Gasteiger charge is -2.16. The van der Waals surface area contributed by atoms with Gasteiger partial charge in [0.25, 0.3) is 0 Å². The summed E-state index contributed by atoms with van der Waals surface area (Å²) in [6, 6.07) is 0. The molecule has 1 aliphatic heterocycles. The van der Waals surface area contributed by atoms with Crippen LogP contribution in [0.5, 0.6) is 0 Å². The van der Waals surface area contributed by atoms with E-state index in [0.29, 0.717) is 13.2 Å². The van der Waals surface area contributed by atoms with E-state index in [-0.39, 0.29) is 6.10 Å². The SMILES string of the molecule is CC1(C)OC[C@@H](COCCCBr)O1. The predicted octanol–water partition coefficient (Wildman–Crippen LogP) is 1.94. The lowest BCUT2D eigenvalue weighted by Crippen LogP contribution is -2.24. The van der Waals surface area contributed by atoms with Crippen LogP contribution in [0.3, 0.4) is 0 Å². The molecule has 0 aromatic carbocycles. The van der Waals surface area contributed by atoms with E-state index < -0.39 is 5.79 Å². The van der Waals surface area contributed by atoms with E-state index in [0.717, 1.165) is 18.4 Å². The first-order chi connectivity index (χ1) is 6.14. The zero-order chi connectivity index (χ0) is 9.73. The van der Waals surface area contributed by atoms with Crippen molar-refractivity contribution in [1.29, 1.82) is 0 Å². The number of hydrogen-bond donors (Lipinski definition) is 0. The van der Waals surface area contributed by atoms with Crippen LogP contribution in [0.2, 0.25) is 0 Å². The molecule has 0 aromatic rings. The van der Waals surface area contributed by atoms with Crippen LogP contribution in [-0.2, 0) is 14.2 Å². The van der Waals surface area contributed by atoms with Crippen molar-refractivity contribution in [3.8, 4) is 0 Å². The van der Waals surface area contributed by atoms with Crippen molar-refractivity contribution < 1.29 is 14.2 Å². The second-order valence-corrected chi connectivity index (χ2v) is 4.36. The standard InChI is InChI=1S/C9H17BrO3/c1-9(2)12-7-8(13-9)6-11-5-3-4-10/h8H,3-7H2,1-2H3/t8-/m1/s1. The minimum atomic E-state index is -0.427. The summed E-state index contributed by atoms with van der Waals surface area (Å²) >= 11 is 3.35. The molecule has 4 heteroatoms. The van der Waals surface area contributed by atoms with Gasteiger partial charge >= 0.3 is 0 Å². The maximum absolute atomic E-state index is 5.57. The van der Waals surface area contributed by atoms with Crippen LogP contribution in [0.25, 0.3) is 0 Å². The van der Waals surface area contributed by atoms with Crippen molar-refractivity contribution in [1.82, 2.24) is 0 Å². The van der Waals surface area contributed by atoms with Gasteiger partial charge in [0, 0.05) is 11.9 Å². The molecule has 13 heavy (non-hydrogen) atoms. The number of rotatable bonds is 5. The molecule has 1 aliphatic rings. The van der Waals surface area contributed by atoms with Crippen molar-refractivity contribution in [2.24, 2.45) is 0 Å². The Balaban J connectivity index is 2.04. The highest BCUT2D eigenvalue weighted by molar-refractivity contribution is 9.09. The van der Waals surface area contributed by atoms with Gasteiger partial charge in [-0.25, -0.2) is 0 Å². The fourth-order valence-corrected chi connectivity index (χ4v) is 1.45. The summed E-state index contributed by atoms with van der Waals surface area (Å²) in [4.78, 5) is 0. The predicted molar refractivity (Wildman–Crippen MR) is 54.1 cm³/mol. The normalized spacial score (nSPS) is 26.5. The fourth-order valence-electron chi connectivity index (χ4n) is 1.22. The van der Waals surface area contributed by atoms with Crippen molar-refractivity contribution in [2.45, 2.75) is 32.2 Å². The van der Waals surface area contributed by atoms with E-state index in [4.69, 9.17) is 14.2 Å². The highest BCUT2D eigenvalue weighted by Crippen LogP contribution is 2.22. The second-order valence-electron chi connectivity index (χ2n) is 3.57. The van der Waals surface area contributed by atoms with Gasteiger partial charge < -0.3 is 14.2 Å². The first-order valence-electron chi connectivity index (χ1n) is 4.59. The molecule has 0 aliphatic carbocycles. The lowest BCUT2D eigenvalue weighted by molar-refractivity contribution is -0.145.